The maximum Gasteiger partial charge on any atom is 0.338 e. The summed E-state index contributed by atoms with van der Waals surface area (Å²) >= 11 is 0. The average Bonchev–Trinajstić information content (AvgIpc) is 2.66. The maximum atomic E-state index is 14.2. The molecule has 0 spiro atoms. The Morgan fingerprint density at radius 1 is 0.893 bits per heavy atom. The van der Waals surface area contributed by atoms with Crippen molar-refractivity contribution >= 4 is 11.9 Å². The van der Waals surface area contributed by atoms with Crippen LogP contribution in [0.4, 0.5) is 4.39 Å². The minimum atomic E-state index is -0.604. The van der Waals surface area contributed by atoms with E-state index in [0.717, 1.165) is 18.1 Å². The summed E-state index contributed by atoms with van der Waals surface area (Å²) in [4.78, 5) is 22.7. The second-order valence-corrected chi connectivity index (χ2v) is 5.92. The molecule has 0 saturated carbocycles. The summed E-state index contributed by atoms with van der Waals surface area (Å²) in [6.07, 6.45) is 2.07. The first-order chi connectivity index (χ1) is 13.3. The molecule has 5 nitrogen and oxygen atoms in total. The Morgan fingerprint density at radius 3 is 2.07 bits per heavy atom. The van der Waals surface area contributed by atoms with Crippen LogP contribution in [-0.4, -0.2) is 11.9 Å². The number of halogens is 1. The van der Waals surface area contributed by atoms with Crippen molar-refractivity contribution in [3.05, 3.63) is 85.1 Å². The highest BCUT2D eigenvalue weighted by Gasteiger charge is 2.08. The van der Waals surface area contributed by atoms with Crippen LogP contribution in [0.2, 0.25) is 0 Å². The number of hydrogen-bond donors (Lipinski definition) is 0. The van der Waals surface area contributed by atoms with Crippen LogP contribution >= 0.6 is 0 Å². The minimum absolute atomic E-state index is 0.0293. The van der Waals surface area contributed by atoms with Crippen LogP contribution < -0.4 is 9.47 Å². The molecule has 2 aromatic rings. The van der Waals surface area contributed by atoms with Gasteiger partial charge in [-0.25, -0.2) is 14.0 Å². The smallest absolute Gasteiger partial charge is 0.338 e. The molecule has 0 amide bonds. The zero-order chi connectivity index (χ0) is 20.7. The SMILES string of the molecule is C=C(C)C(=O)OC=COc1ccc(-c2ccc(OC(=O)C(=C)C)cc2)cc1F. The van der Waals surface area contributed by atoms with Crippen LogP contribution in [0.15, 0.2) is 79.3 Å². The molecule has 0 aliphatic heterocycles. The number of carbonyl (C=O) groups excluding carboxylic acids is 2. The molecule has 144 valence electrons. The molecule has 0 N–H and O–H groups in total. The molecule has 6 heteroatoms. The number of ether oxygens (including phenoxy) is 3. The van der Waals surface area contributed by atoms with Gasteiger partial charge in [0.2, 0.25) is 0 Å². The summed E-state index contributed by atoms with van der Waals surface area (Å²) in [7, 11) is 0. The van der Waals surface area contributed by atoms with Crippen molar-refractivity contribution in [2.75, 3.05) is 0 Å². The Hall–Kier alpha value is -3.67. The Morgan fingerprint density at radius 2 is 1.50 bits per heavy atom. The van der Waals surface area contributed by atoms with Gasteiger partial charge in [-0.15, -0.1) is 0 Å². The first-order valence-electron chi connectivity index (χ1n) is 8.23. The van der Waals surface area contributed by atoms with Gasteiger partial charge >= 0.3 is 11.9 Å². The molecule has 0 atom stereocenters. The van der Waals surface area contributed by atoms with Crippen molar-refractivity contribution in [2.24, 2.45) is 0 Å². The largest absolute Gasteiger partial charge is 0.459 e. The summed E-state index contributed by atoms with van der Waals surface area (Å²) < 4.78 is 29.2. The summed E-state index contributed by atoms with van der Waals surface area (Å²) in [5.41, 5.74) is 1.87. The molecule has 0 aromatic heterocycles. The monoisotopic (exact) mass is 382 g/mol. The lowest BCUT2D eigenvalue weighted by atomic mass is 10.1. The van der Waals surface area contributed by atoms with E-state index in [0.29, 0.717) is 16.9 Å². The van der Waals surface area contributed by atoms with E-state index in [4.69, 9.17) is 14.2 Å². The third-order valence-electron chi connectivity index (χ3n) is 3.45. The summed E-state index contributed by atoms with van der Waals surface area (Å²) in [5.74, 6) is -1.37. The zero-order valence-electron chi connectivity index (χ0n) is 15.5. The van der Waals surface area contributed by atoms with Crippen molar-refractivity contribution in [1.29, 1.82) is 0 Å². The van der Waals surface area contributed by atoms with E-state index in [9.17, 15) is 14.0 Å². The summed E-state index contributed by atoms with van der Waals surface area (Å²) in [6.45, 7) is 10.0. The third kappa shape index (κ3) is 5.67. The molecular weight excluding hydrogens is 363 g/mol. The molecular formula is C22H19FO5. The lowest BCUT2D eigenvalue weighted by molar-refractivity contribution is -0.133. The van der Waals surface area contributed by atoms with Crippen molar-refractivity contribution in [3.63, 3.8) is 0 Å². The molecule has 28 heavy (non-hydrogen) atoms. The highest BCUT2D eigenvalue weighted by atomic mass is 19.1. The van der Waals surface area contributed by atoms with E-state index < -0.39 is 17.8 Å². The fourth-order valence-electron chi connectivity index (χ4n) is 1.98. The van der Waals surface area contributed by atoms with Crippen LogP contribution in [0.1, 0.15) is 13.8 Å². The summed E-state index contributed by atoms with van der Waals surface area (Å²) in [6, 6.07) is 11.0. The van der Waals surface area contributed by atoms with Crippen LogP contribution in [0, 0.1) is 5.82 Å². The van der Waals surface area contributed by atoms with Crippen molar-refractivity contribution in [3.8, 4) is 22.6 Å². The molecule has 0 aliphatic rings. The van der Waals surface area contributed by atoms with Gasteiger partial charge in [0, 0.05) is 11.1 Å². The summed E-state index contributed by atoms with van der Waals surface area (Å²) in [5, 5.41) is 0. The Bertz CT molecular complexity index is 942. The third-order valence-corrected chi connectivity index (χ3v) is 3.45. The van der Waals surface area contributed by atoms with Crippen LogP contribution in [-0.2, 0) is 14.3 Å². The van der Waals surface area contributed by atoms with Crippen molar-refractivity contribution < 1.29 is 28.2 Å². The van der Waals surface area contributed by atoms with E-state index in [2.05, 4.69) is 13.2 Å². The lowest BCUT2D eigenvalue weighted by Gasteiger charge is -2.07. The highest BCUT2D eigenvalue weighted by Crippen LogP contribution is 2.27. The molecule has 0 unspecified atom stereocenters. The number of carbonyl (C=O) groups is 2. The normalized spacial score (nSPS) is 10.4. The molecule has 0 fully saturated rings. The molecule has 0 radical (unpaired) electrons. The molecule has 2 rings (SSSR count). The average molecular weight is 382 g/mol. The van der Waals surface area contributed by atoms with E-state index in [1.807, 2.05) is 0 Å². The van der Waals surface area contributed by atoms with Gasteiger partial charge in [0.25, 0.3) is 0 Å². The van der Waals surface area contributed by atoms with Crippen LogP contribution in [0.3, 0.4) is 0 Å². The highest BCUT2D eigenvalue weighted by molar-refractivity contribution is 5.89. The Balaban J connectivity index is 2.04. The van der Waals surface area contributed by atoms with Gasteiger partial charge in [0.15, 0.2) is 11.6 Å². The van der Waals surface area contributed by atoms with Gasteiger partial charge in [-0.05, 0) is 49.2 Å². The zero-order valence-corrected chi connectivity index (χ0v) is 15.5. The fourth-order valence-corrected chi connectivity index (χ4v) is 1.98. The molecule has 0 heterocycles. The standard InChI is InChI=1S/C22H19FO5/c1-14(2)21(24)27-12-11-26-20-10-7-17(13-19(20)23)16-5-8-18(9-6-16)28-22(25)15(3)4/h5-13H,1,3H2,2,4H3. The van der Waals surface area contributed by atoms with E-state index in [1.54, 1.807) is 37.3 Å². The molecule has 0 aliphatic carbocycles. The maximum absolute atomic E-state index is 14.2. The Labute approximate surface area is 162 Å². The molecule has 0 bridgehead atoms. The molecule has 2 aromatic carbocycles. The predicted molar refractivity (Wildman–Crippen MR) is 103 cm³/mol. The van der Waals surface area contributed by atoms with E-state index >= 15 is 0 Å². The van der Waals surface area contributed by atoms with E-state index in [-0.39, 0.29) is 11.3 Å². The predicted octanol–water partition coefficient (Wildman–Crippen LogP) is 4.94. The van der Waals surface area contributed by atoms with Crippen LogP contribution in [0.25, 0.3) is 11.1 Å². The van der Waals surface area contributed by atoms with Crippen molar-refractivity contribution in [1.82, 2.24) is 0 Å². The first kappa shape index (κ1) is 20.6. The van der Waals surface area contributed by atoms with E-state index in [1.165, 1.54) is 19.1 Å². The van der Waals surface area contributed by atoms with Gasteiger partial charge < -0.3 is 14.2 Å². The van der Waals surface area contributed by atoms with Gasteiger partial charge in [-0.3, -0.25) is 0 Å². The van der Waals surface area contributed by atoms with Gasteiger partial charge in [0.1, 0.15) is 18.3 Å². The second-order valence-electron chi connectivity index (χ2n) is 5.92. The Kier molecular flexibility index (Phi) is 6.87. The first-order valence-corrected chi connectivity index (χ1v) is 8.23. The van der Waals surface area contributed by atoms with Crippen molar-refractivity contribution in [2.45, 2.75) is 13.8 Å². The second kappa shape index (κ2) is 9.32. The fraction of sp³-hybridized carbons (Fsp3) is 0.0909. The van der Waals surface area contributed by atoms with Gasteiger partial charge in [-0.1, -0.05) is 31.4 Å². The van der Waals surface area contributed by atoms with Crippen LogP contribution in [0.5, 0.6) is 11.5 Å². The van der Waals surface area contributed by atoms with Gasteiger partial charge in [0.05, 0.1) is 0 Å². The minimum Gasteiger partial charge on any atom is -0.459 e. The quantitative estimate of drug-likeness (QED) is 0.294. The lowest BCUT2D eigenvalue weighted by Crippen LogP contribution is -2.07. The molecule has 0 saturated heterocycles. The van der Waals surface area contributed by atoms with Gasteiger partial charge in [-0.2, -0.15) is 0 Å². The number of rotatable bonds is 7. The number of benzene rings is 2. The number of hydrogen-bond acceptors (Lipinski definition) is 5. The topological polar surface area (TPSA) is 61.8 Å². The number of esters is 2.